The van der Waals surface area contributed by atoms with Gasteiger partial charge in [-0.3, -0.25) is 0 Å². The molecule has 1 heteroatoms. The summed E-state index contributed by atoms with van der Waals surface area (Å²) < 4.78 is 0. The van der Waals surface area contributed by atoms with E-state index in [0.29, 0.717) is 0 Å². The Labute approximate surface area is 94.6 Å². The van der Waals surface area contributed by atoms with Crippen LogP contribution >= 0.6 is 0 Å². The molecule has 0 amide bonds. The summed E-state index contributed by atoms with van der Waals surface area (Å²) in [6.45, 7) is 6.09. The van der Waals surface area contributed by atoms with Crippen molar-refractivity contribution < 1.29 is 5.32 Å². The number of rotatable bonds is 7. The molecule has 0 aromatic rings. The lowest BCUT2D eigenvalue weighted by atomic mass is 9.99. The van der Waals surface area contributed by atoms with Gasteiger partial charge >= 0.3 is 0 Å². The van der Waals surface area contributed by atoms with Crippen molar-refractivity contribution in [3.63, 3.8) is 0 Å². The van der Waals surface area contributed by atoms with Gasteiger partial charge in [-0.05, 0) is 12.5 Å². The molecule has 1 heterocycles. The van der Waals surface area contributed by atoms with Crippen molar-refractivity contribution in [3.8, 4) is 0 Å². The third-order valence-corrected chi connectivity index (χ3v) is 3.20. The average Bonchev–Trinajstić information content (AvgIpc) is 2.26. The highest BCUT2D eigenvalue weighted by Crippen LogP contribution is 2.08. The number of unbranched alkanes of at least 4 members (excludes halogenated alkanes) is 3. The average molecular weight is 208 g/mol. The molecule has 0 aromatic heterocycles. The molecule has 1 aliphatic rings. The van der Waals surface area contributed by atoms with Gasteiger partial charge in [0.15, 0.2) is 0 Å². The first-order chi connectivity index (χ1) is 7.36. The molecule has 0 saturated carbocycles. The lowest BCUT2D eigenvalue weighted by molar-refractivity contribution is -0.714. The normalized spacial score (nSPS) is 25.4. The number of hydrogen-bond acceptors (Lipinski definition) is 0. The van der Waals surface area contributed by atoms with Gasteiger partial charge in [-0.2, -0.15) is 0 Å². The quantitative estimate of drug-likeness (QED) is 0.489. The minimum Gasteiger partial charge on any atom is -0.338 e. The van der Waals surface area contributed by atoms with Crippen molar-refractivity contribution in [1.82, 2.24) is 0 Å². The fourth-order valence-corrected chi connectivity index (χ4v) is 2.31. The number of hydrogen-bond donors (Lipinski definition) is 1. The van der Waals surface area contributed by atoms with Gasteiger partial charge in [0.2, 0.25) is 0 Å². The van der Waals surface area contributed by atoms with E-state index in [1.165, 1.54) is 38.5 Å². The zero-order valence-electron chi connectivity index (χ0n) is 10.1. The Bertz CT molecular complexity index is 196. The van der Waals surface area contributed by atoms with Crippen molar-refractivity contribution in [3.05, 3.63) is 24.8 Å². The predicted molar refractivity (Wildman–Crippen MR) is 66.8 cm³/mol. The molecule has 0 saturated heterocycles. The first-order valence-corrected chi connectivity index (χ1v) is 6.49. The molecule has 0 bridgehead atoms. The molecule has 0 fully saturated rings. The highest BCUT2D eigenvalue weighted by atomic mass is 14.9. The Morgan fingerprint density at radius 3 is 3.00 bits per heavy atom. The van der Waals surface area contributed by atoms with Gasteiger partial charge in [0.1, 0.15) is 6.04 Å². The molecule has 0 aromatic carbocycles. The Morgan fingerprint density at radius 2 is 2.27 bits per heavy atom. The van der Waals surface area contributed by atoms with Crippen LogP contribution in [0.4, 0.5) is 0 Å². The summed E-state index contributed by atoms with van der Waals surface area (Å²) in [7, 11) is 0. The molecular formula is C14H26N+. The molecule has 0 spiro atoms. The third-order valence-electron chi connectivity index (χ3n) is 3.20. The Hall–Kier alpha value is -0.560. The van der Waals surface area contributed by atoms with Crippen LogP contribution in [0.25, 0.3) is 0 Å². The van der Waals surface area contributed by atoms with E-state index in [1.54, 1.807) is 0 Å². The maximum absolute atomic E-state index is 3.82. The van der Waals surface area contributed by atoms with Crippen LogP contribution < -0.4 is 5.32 Å². The monoisotopic (exact) mass is 208 g/mol. The summed E-state index contributed by atoms with van der Waals surface area (Å²) in [5.41, 5.74) is 0. The van der Waals surface area contributed by atoms with Gasteiger partial charge in [-0.15, -0.1) is 6.58 Å². The molecular weight excluding hydrogens is 182 g/mol. The van der Waals surface area contributed by atoms with E-state index in [1.807, 2.05) is 0 Å². The maximum Gasteiger partial charge on any atom is 0.105 e. The van der Waals surface area contributed by atoms with E-state index in [2.05, 4.69) is 37.0 Å². The van der Waals surface area contributed by atoms with Crippen LogP contribution in [0.1, 0.15) is 51.9 Å². The third kappa shape index (κ3) is 5.17. The fraction of sp³-hybridized carbons (Fsp3) is 0.714. The summed E-state index contributed by atoms with van der Waals surface area (Å²) in [6.07, 6.45) is 16.0. The first-order valence-electron chi connectivity index (χ1n) is 6.49. The van der Waals surface area contributed by atoms with E-state index in [4.69, 9.17) is 0 Å². The lowest BCUT2D eigenvalue weighted by Gasteiger charge is -2.22. The van der Waals surface area contributed by atoms with Crippen LogP contribution in [0, 0.1) is 0 Å². The van der Waals surface area contributed by atoms with Gasteiger partial charge < -0.3 is 5.32 Å². The zero-order valence-corrected chi connectivity index (χ0v) is 10.1. The van der Waals surface area contributed by atoms with Crippen LogP contribution in [-0.2, 0) is 0 Å². The summed E-state index contributed by atoms with van der Waals surface area (Å²) in [6, 6.07) is 1.49. The predicted octanol–water partition coefficient (Wildman–Crippen LogP) is 2.79. The maximum atomic E-state index is 3.82. The van der Waals surface area contributed by atoms with E-state index in [0.717, 1.165) is 18.5 Å². The van der Waals surface area contributed by atoms with Crippen LogP contribution in [0.15, 0.2) is 24.8 Å². The molecule has 1 aliphatic heterocycles. The van der Waals surface area contributed by atoms with Gasteiger partial charge in [-0.25, -0.2) is 0 Å². The minimum atomic E-state index is 0.737. The zero-order chi connectivity index (χ0) is 10.9. The second-order valence-corrected chi connectivity index (χ2v) is 4.65. The van der Waals surface area contributed by atoms with Gasteiger partial charge in [-0.1, -0.05) is 38.3 Å². The summed E-state index contributed by atoms with van der Waals surface area (Å²) in [5, 5.41) is 2.54. The van der Waals surface area contributed by atoms with E-state index >= 15 is 0 Å². The molecule has 0 unspecified atom stereocenters. The van der Waals surface area contributed by atoms with Gasteiger partial charge in [0, 0.05) is 19.3 Å². The summed E-state index contributed by atoms with van der Waals surface area (Å²) in [5.74, 6) is 0. The summed E-state index contributed by atoms with van der Waals surface area (Å²) >= 11 is 0. The highest BCUT2D eigenvalue weighted by Gasteiger charge is 2.18. The van der Waals surface area contributed by atoms with E-state index < -0.39 is 0 Å². The molecule has 0 aliphatic carbocycles. The van der Waals surface area contributed by atoms with Crippen LogP contribution in [0.2, 0.25) is 0 Å². The van der Waals surface area contributed by atoms with Crippen molar-refractivity contribution >= 4 is 0 Å². The SMILES string of the molecule is C=CC[C@H]1CC=C[C@H](CCCCCC)[NH2+]1. The van der Waals surface area contributed by atoms with Crippen LogP contribution in [0.3, 0.4) is 0 Å². The van der Waals surface area contributed by atoms with Crippen molar-refractivity contribution in [1.29, 1.82) is 0 Å². The largest absolute Gasteiger partial charge is 0.338 e. The lowest BCUT2D eigenvalue weighted by Crippen LogP contribution is -2.95. The van der Waals surface area contributed by atoms with Crippen molar-refractivity contribution in [2.75, 3.05) is 0 Å². The topological polar surface area (TPSA) is 16.6 Å². The van der Waals surface area contributed by atoms with Gasteiger partial charge in [0.25, 0.3) is 0 Å². The van der Waals surface area contributed by atoms with E-state index in [-0.39, 0.29) is 0 Å². The Balaban J connectivity index is 2.15. The number of nitrogens with two attached hydrogens (primary N) is 1. The Kier molecular flexibility index (Phi) is 6.42. The standard InChI is InChI=1S/C14H25N/c1-3-5-6-7-10-14-12-8-11-13(15-14)9-4-2/h4,8,12-15H,2-3,5-7,9-11H2,1H3/p+1/t13-,14-/m0/s1. The fourth-order valence-electron chi connectivity index (χ4n) is 2.31. The molecule has 15 heavy (non-hydrogen) atoms. The molecule has 1 nitrogen and oxygen atoms in total. The van der Waals surface area contributed by atoms with Gasteiger partial charge in [0.05, 0.1) is 6.04 Å². The van der Waals surface area contributed by atoms with Crippen molar-refractivity contribution in [2.45, 2.75) is 64.0 Å². The molecule has 0 radical (unpaired) electrons. The van der Waals surface area contributed by atoms with Crippen LogP contribution in [0.5, 0.6) is 0 Å². The van der Waals surface area contributed by atoms with Crippen molar-refractivity contribution in [2.24, 2.45) is 0 Å². The molecule has 2 atom stereocenters. The highest BCUT2D eigenvalue weighted by molar-refractivity contribution is 4.94. The number of quaternary nitrogens is 1. The minimum absolute atomic E-state index is 0.737. The second kappa shape index (κ2) is 7.70. The molecule has 2 N–H and O–H groups in total. The molecule has 1 rings (SSSR count). The van der Waals surface area contributed by atoms with E-state index in [9.17, 15) is 0 Å². The smallest absolute Gasteiger partial charge is 0.105 e. The second-order valence-electron chi connectivity index (χ2n) is 4.65. The van der Waals surface area contributed by atoms with Crippen LogP contribution in [-0.4, -0.2) is 12.1 Å². The first kappa shape index (κ1) is 12.5. The molecule has 86 valence electrons. The summed E-state index contributed by atoms with van der Waals surface area (Å²) in [4.78, 5) is 0. The Morgan fingerprint density at radius 1 is 1.40 bits per heavy atom.